The molecule has 2 aromatic rings. The average molecular weight is 229 g/mol. The van der Waals surface area contributed by atoms with Gasteiger partial charge in [0.2, 0.25) is 0 Å². The van der Waals surface area contributed by atoms with Gasteiger partial charge in [0.25, 0.3) is 6.01 Å². The zero-order valence-corrected chi connectivity index (χ0v) is 7.82. The number of pyridine rings is 1. The molecule has 2 aromatic heterocycles. The minimum atomic E-state index is -4.45. The molecule has 0 radical (unpaired) electrons. The zero-order valence-electron chi connectivity index (χ0n) is 7.82. The Morgan fingerprint density at radius 1 is 1.12 bits per heavy atom. The Balaban J connectivity index is 2.33. The third-order valence-corrected chi connectivity index (χ3v) is 1.86. The van der Waals surface area contributed by atoms with Crippen LogP contribution in [-0.4, -0.2) is 9.97 Å². The number of anilines is 1. The maximum atomic E-state index is 12.2. The number of alkyl halides is 3. The number of rotatable bonds is 1. The van der Waals surface area contributed by atoms with Gasteiger partial charge < -0.3 is 10.2 Å². The molecule has 0 aromatic carbocycles. The molecule has 0 bridgehead atoms. The summed E-state index contributed by atoms with van der Waals surface area (Å²) in [5.74, 6) is 0.277. The van der Waals surface area contributed by atoms with E-state index in [1.807, 2.05) is 0 Å². The van der Waals surface area contributed by atoms with Gasteiger partial charge in [-0.3, -0.25) is 4.98 Å². The summed E-state index contributed by atoms with van der Waals surface area (Å²) >= 11 is 0. The first kappa shape index (κ1) is 10.5. The first-order valence-electron chi connectivity index (χ1n) is 4.22. The lowest BCUT2D eigenvalue weighted by atomic mass is 10.2. The molecule has 0 fully saturated rings. The predicted octanol–water partition coefficient (Wildman–Crippen LogP) is 2.34. The van der Waals surface area contributed by atoms with Crippen LogP contribution in [-0.2, 0) is 6.18 Å². The highest BCUT2D eigenvalue weighted by Crippen LogP contribution is 2.29. The Morgan fingerprint density at radius 3 is 2.31 bits per heavy atom. The predicted molar refractivity (Wildman–Crippen MR) is 49.1 cm³/mol. The molecule has 0 atom stereocenters. The summed E-state index contributed by atoms with van der Waals surface area (Å²) in [6.45, 7) is 0. The van der Waals surface area contributed by atoms with Gasteiger partial charge in [-0.05, 0) is 12.1 Å². The summed E-state index contributed by atoms with van der Waals surface area (Å²) in [4.78, 5) is 6.91. The standard InChI is InChI=1S/C9H6F3N3O/c10-9(11,12)7-2-1-5(3-14-7)6-4-15-8(13)16-6/h1-4H,(H2,13,15). The summed E-state index contributed by atoms with van der Waals surface area (Å²) in [6.07, 6.45) is -2.07. The van der Waals surface area contributed by atoms with E-state index >= 15 is 0 Å². The number of halogens is 3. The van der Waals surface area contributed by atoms with Crippen molar-refractivity contribution in [3.8, 4) is 11.3 Å². The highest BCUT2D eigenvalue weighted by atomic mass is 19.4. The van der Waals surface area contributed by atoms with Crippen molar-refractivity contribution in [2.75, 3.05) is 5.73 Å². The Labute approximate surface area is 87.9 Å². The van der Waals surface area contributed by atoms with Crippen molar-refractivity contribution >= 4 is 6.01 Å². The lowest BCUT2D eigenvalue weighted by Gasteiger charge is -2.04. The third-order valence-electron chi connectivity index (χ3n) is 1.86. The summed E-state index contributed by atoms with van der Waals surface area (Å²) < 4.78 is 41.6. The van der Waals surface area contributed by atoms with Gasteiger partial charge in [0.15, 0.2) is 5.76 Å². The Hall–Kier alpha value is -2.05. The van der Waals surface area contributed by atoms with Gasteiger partial charge >= 0.3 is 6.18 Å². The van der Waals surface area contributed by atoms with Crippen LogP contribution in [0.25, 0.3) is 11.3 Å². The van der Waals surface area contributed by atoms with E-state index in [2.05, 4.69) is 9.97 Å². The van der Waals surface area contributed by atoms with Crippen molar-refractivity contribution < 1.29 is 17.6 Å². The number of aromatic nitrogens is 2. The molecule has 2 rings (SSSR count). The fourth-order valence-corrected chi connectivity index (χ4v) is 1.13. The van der Waals surface area contributed by atoms with E-state index in [1.54, 1.807) is 0 Å². The van der Waals surface area contributed by atoms with Crippen LogP contribution in [0.1, 0.15) is 5.69 Å². The minimum Gasteiger partial charge on any atom is -0.424 e. The minimum absolute atomic E-state index is 0.0464. The second-order valence-corrected chi connectivity index (χ2v) is 2.99. The monoisotopic (exact) mass is 229 g/mol. The van der Waals surface area contributed by atoms with Crippen molar-refractivity contribution in [1.29, 1.82) is 0 Å². The van der Waals surface area contributed by atoms with Crippen molar-refractivity contribution in [2.24, 2.45) is 0 Å². The fourth-order valence-electron chi connectivity index (χ4n) is 1.13. The number of nitrogens with two attached hydrogens (primary N) is 1. The van der Waals surface area contributed by atoms with Crippen molar-refractivity contribution in [3.63, 3.8) is 0 Å². The third kappa shape index (κ3) is 1.97. The number of oxazole rings is 1. The topological polar surface area (TPSA) is 64.9 Å². The largest absolute Gasteiger partial charge is 0.433 e. The van der Waals surface area contributed by atoms with E-state index in [9.17, 15) is 13.2 Å². The molecule has 0 aliphatic carbocycles. The van der Waals surface area contributed by atoms with Crippen LogP contribution >= 0.6 is 0 Å². The van der Waals surface area contributed by atoms with Crippen LogP contribution in [0.2, 0.25) is 0 Å². The highest BCUT2D eigenvalue weighted by molar-refractivity contribution is 5.55. The van der Waals surface area contributed by atoms with Crippen LogP contribution in [0.4, 0.5) is 19.2 Å². The van der Waals surface area contributed by atoms with E-state index in [0.29, 0.717) is 5.56 Å². The van der Waals surface area contributed by atoms with Crippen LogP contribution in [0.15, 0.2) is 28.9 Å². The van der Waals surface area contributed by atoms with Gasteiger partial charge in [-0.2, -0.15) is 13.2 Å². The van der Waals surface area contributed by atoms with E-state index < -0.39 is 11.9 Å². The molecule has 0 aliphatic heterocycles. The maximum absolute atomic E-state index is 12.2. The molecule has 0 saturated carbocycles. The highest BCUT2D eigenvalue weighted by Gasteiger charge is 2.32. The molecule has 0 aliphatic rings. The van der Waals surface area contributed by atoms with Crippen molar-refractivity contribution in [1.82, 2.24) is 9.97 Å². The fraction of sp³-hybridized carbons (Fsp3) is 0.111. The number of nitrogen functional groups attached to an aromatic ring is 1. The Kier molecular flexibility index (Phi) is 2.30. The van der Waals surface area contributed by atoms with Gasteiger partial charge in [0.05, 0.1) is 6.20 Å². The SMILES string of the molecule is Nc1ncc(-c2ccc(C(F)(F)F)nc2)o1. The molecule has 2 heterocycles. The average Bonchev–Trinajstić information content (AvgIpc) is 2.64. The summed E-state index contributed by atoms with van der Waals surface area (Å²) in [5, 5.41) is 0. The van der Waals surface area contributed by atoms with Crippen molar-refractivity contribution in [3.05, 3.63) is 30.2 Å². The van der Waals surface area contributed by atoms with Gasteiger partial charge in [-0.1, -0.05) is 0 Å². The first-order chi connectivity index (χ1) is 7.47. The molecule has 16 heavy (non-hydrogen) atoms. The number of hydrogen-bond acceptors (Lipinski definition) is 4. The number of hydrogen-bond donors (Lipinski definition) is 1. The maximum Gasteiger partial charge on any atom is 0.433 e. The molecule has 0 saturated heterocycles. The normalized spacial score (nSPS) is 11.7. The zero-order chi connectivity index (χ0) is 11.8. The lowest BCUT2D eigenvalue weighted by molar-refractivity contribution is -0.141. The smallest absolute Gasteiger partial charge is 0.424 e. The van der Waals surface area contributed by atoms with E-state index in [-0.39, 0.29) is 11.8 Å². The van der Waals surface area contributed by atoms with Gasteiger partial charge in [0, 0.05) is 11.8 Å². The molecule has 0 unspecified atom stereocenters. The number of nitrogens with zero attached hydrogens (tertiary/aromatic N) is 2. The van der Waals surface area contributed by atoms with Gasteiger partial charge in [-0.15, -0.1) is 0 Å². The first-order valence-corrected chi connectivity index (χ1v) is 4.22. The van der Waals surface area contributed by atoms with Crippen LogP contribution < -0.4 is 5.73 Å². The second-order valence-electron chi connectivity index (χ2n) is 2.99. The van der Waals surface area contributed by atoms with Crippen LogP contribution in [0.3, 0.4) is 0 Å². The summed E-state index contributed by atoms with van der Waals surface area (Å²) in [7, 11) is 0. The molecule has 84 valence electrons. The van der Waals surface area contributed by atoms with E-state index in [1.165, 1.54) is 12.3 Å². The second kappa shape index (κ2) is 3.51. The molecule has 7 heteroatoms. The Morgan fingerprint density at radius 2 is 1.88 bits per heavy atom. The molecule has 0 spiro atoms. The molecule has 4 nitrogen and oxygen atoms in total. The van der Waals surface area contributed by atoms with Gasteiger partial charge in [0.1, 0.15) is 5.69 Å². The van der Waals surface area contributed by atoms with Crippen LogP contribution in [0, 0.1) is 0 Å². The van der Waals surface area contributed by atoms with Gasteiger partial charge in [-0.25, -0.2) is 4.98 Å². The molecule has 0 amide bonds. The van der Waals surface area contributed by atoms with E-state index in [0.717, 1.165) is 12.3 Å². The van der Waals surface area contributed by atoms with E-state index in [4.69, 9.17) is 10.2 Å². The summed E-state index contributed by atoms with van der Waals surface area (Å²) in [6, 6.07) is 2.07. The van der Waals surface area contributed by atoms with Crippen molar-refractivity contribution in [2.45, 2.75) is 6.18 Å². The molecule has 2 N–H and O–H groups in total. The Bertz CT molecular complexity index is 489. The summed E-state index contributed by atoms with van der Waals surface area (Å²) in [5.41, 5.74) is 4.67. The molecular formula is C9H6F3N3O. The van der Waals surface area contributed by atoms with Crippen LogP contribution in [0.5, 0.6) is 0 Å². The quantitative estimate of drug-likeness (QED) is 0.815. The lowest BCUT2D eigenvalue weighted by Crippen LogP contribution is -2.07. The molecular weight excluding hydrogens is 223 g/mol.